The van der Waals surface area contributed by atoms with Crippen LogP contribution in [0.5, 0.6) is 0 Å². The molecule has 2 atom stereocenters. The Kier molecular flexibility index (Phi) is 4.83. The van der Waals surface area contributed by atoms with Gasteiger partial charge in [-0.05, 0) is 29.7 Å². The molecule has 5 heteroatoms. The molecular weight excluding hydrogens is 282 g/mol. The predicted molar refractivity (Wildman–Crippen MR) is 87.3 cm³/mol. The van der Waals surface area contributed by atoms with Crippen molar-refractivity contribution in [3.8, 4) is 0 Å². The summed E-state index contributed by atoms with van der Waals surface area (Å²) >= 11 is 1.83. The van der Waals surface area contributed by atoms with E-state index in [0.29, 0.717) is 0 Å². The van der Waals surface area contributed by atoms with Crippen molar-refractivity contribution in [3.63, 3.8) is 0 Å². The maximum absolute atomic E-state index is 12.7. The fourth-order valence-corrected chi connectivity index (χ4v) is 4.09. The van der Waals surface area contributed by atoms with E-state index in [1.165, 1.54) is 11.1 Å². The standard InChI is InChI=1S/C16H23N3OS/c17-14-6-8-21-11-15(18-9-14)16(20)19-7-5-12-3-1-2-4-13(12)10-19/h1-4,14-15,18H,5-11,17H2/t14-,15-/m0/s1. The van der Waals surface area contributed by atoms with Crippen LogP contribution in [0.4, 0.5) is 0 Å². The summed E-state index contributed by atoms with van der Waals surface area (Å²) < 4.78 is 0. The molecule has 21 heavy (non-hydrogen) atoms. The highest BCUT2D eigenvalue weighted by Crippen LogP contribution is 2.20. The molecule has 0 aliphatic carbocycles. The van der Waals surface area contributed by atoms with Crippen LogP contribution in [0.2, 0.25) is 0 Å². The van der Waals surface area contributed by atoms with Crippen LogP contribution in [0.25, 0.3) is 0 Å². The second kappa shape index (κ2) is 6.81. The Bertz CT molecular complexity index is 508. The Hall–Kier alpha value is -1.04. The highest BCUT2D eigenvalue weighted by molar-refractivity contribution is 7.99. The Morgan fingerprint density at radius 1 is 1.33 bits per heavy atom. The number of nitrogens with zero attached hydrogens (tertiary/aromatic N) is 1. The second-order valence-corrected chi connectivity index (χ2v) is 7.01. The van der Waals surface area contributed by atoms with Gasteiger partial charge in [0, 0.05) is 31.4 Å². The first kappa shape index (κ1) is 14.9. The van der Waals surface area contributed by atoms with E-state index in [9.17, 15) is 4.79 Å². The minimum absolute atomic E-state index is 0.0911. The van der Waals surface area contributed by atoms with Crippen molar-refractivity contribution in [2.45, 2.75) is 31.5 Å². The molecule has 0 unspecified atom stereocenters. The SMILES string of the molecule is N[C@H]1CCSC[C@@H](C(=O)N2CCc3ccccc3C2)NC1. The zero-order valence-electron chi connectivity index (χ0n) is 12.3. The lowest BCUT2D eigenvalue weighted by Gasteiger charge is -2.33. The minimum Gasteiger partial charge on any atom is -0.337 e. The van der Waals surface area contributed by atoms with Gasteiger partial charge in [0.1, 0.15) is 0 Å². The van der Waals surface area contributed by atoms with Crippen LogP contribution in [0.1, 0.15) is 17.5 Å². The van der Waals surface area contributed by atoms with Crippen molar-refractivity contribution in [2.24, 2.45) is 5.73 Å². The normalized spacial score (nSPS) is 26.6. The molecule has 1 fully saturated rings. The molecule has 0 radical (unpaired) electrons. The lowest BCUT2D eigenvalue weighted by Crippen LogP contribution is -2.52. The summed E-state index contributed by atoms with van der Waals surface area (Å²) in [4.78, 5) is 14.7. The molecule has 1 aromatic carbocycles. The third-order valence-corrected chi connectivity index (χ3v) is 5.38. The summed E-state index contributed by atoms with van der Waals surface area (Å²) in [6, 6.07) is 8.49. The van der Waals surface area contributed by atoms with Gasteiger partial charge in [-0.25, -0.2) is 0 Å². The first-order valence-corrected chi connectivity index (χ1v) is 8.82. The van der Waals surface area contributed by atoms with Crippen molar-refractivity contribution in [3.05, 3.63) is 35.4 Å². The largest absolute Gasteiger partial charge is 0.337 e. The molecule has 4 nitrogen and oxygen atoms in total. The molecule has 0 aromatic heterocycles. The fraction of sp³-hybridized carbons (Fsp3) is 0.562. The van der Waals surface area contributed by atoms with Gasteiger partial charge in [0.15, 0.2) is 0 Å². The number of nitrogens with two attached hydrogens (primary N) is 1. The maximum atomic E-state index is 12.7. The molecule has 2 aliphatic heterocycles. The quantitative estimate of drug-likeness (QED) is 0.812. The van der Waals surface area contributed by atoms with Gasteiger partial charge in [-0.2, -0.15) is 11.8 Å². The average molecular weight is 305 g/mol. The molecule has 2 aliphatic rings. The molecule has 1 saturated heterocycles. The third kappa shape index (κ3) is 3.59. The van der Waals surface area contributed by atoms with E-state index in [-0.39, 0.29) is 18.0 Å². The van der Waals surface area contributed by atoms with E-state index in [0.717, 1.165) is 44.0 Å². The Morgan fingerprint density at radius 2 is 2.14 bits per heavy atom. The number of carbonyl (C=O) groups excluding carboxylic acids is 1. The summed E-state index contributed by atoms with van der Waals surface area (Å²) in [6.07, 6.45) is 1.98. The van der Waals surface area contributed by atoms with Crippen molar-refractivity contribution >= 4 is 17.7 Å². The second-order valence-electron chi connectivity index (χ2n) is 5.86. The van der Waals surface area contributed by atoms with E-state index < -0.39 is 0 Å². The topological polar surface area (TPSA) is 58.4 Å². The number of benzene rings is 1. The molecular formula is C16H23N3OS. The van der Waals surface area contributed by atoms with Crippen LogP contribution in [0.15, 0.2) is 24.3 Å². The van der Waals surface area contributed by atoms with Crippen molar-refractivity contribution in [2.75, 3.05) is 24.6 Å². The molecule has 0 spiro atoms. The zero-order chi connectivity index (χ0) is 14.7. The monoisotopic (exact) mass is 305 g/mol. The molecule has 0 saturated carbocycles. The average Bonchev–Trinajstić information content (AvgIpc) is 2.50. The fourth-order valence-electron chi connectivity index (χ4n) is 2.95. The van der Waals surface area contributed by atoms with Gasteiger partial charge in [-0.1, -0.05) is 24.3 Å². The molecule has 2 heterocycles. The number of hydrogen-bond donors (Lipinski definition) is 2. The number of hydrogen-bond acceptors (Lipinski definition) is 4. The predicted octanol–water partition coefficient (Wildman–Crippen LogP) is 0.994. The Morgan fingerprint density at radius 3 is 3.00 bits per heavy atom. The number of rotatable bonds is 1. The molecule has 1 aromatic rings. The van der Waals surface area contributed by atoms with E-state index in [2.05, 4.69) is 29.6 Å². The first-order chi connectivity index (χ1) is 10.2. The highest BCUT2D eigenvalue weighted by atomic mass is 32.2. The van der Waals surface area contributed by atoms with Crippen LogP contribution in [-0.2, 0) is 17.8 Å². The lowest BCUT2D eigenvalue weighted by atomic mass is 9.99. The molecule has 0 bridgehead atoms. The molecule has 114 valence electrons. The van der Waals surface area contributed by atoms with Gasteiger partial charge in [-0.3, -0.25) is 4.79 Å². The van der Waals surface area contributed by atoms with E-state index in [1.807, 2.05) is 16.7 Å². The highest BCUT2D eigenvalue weighted by Gasteiger charge is 2.28. The van der Waals surface area contributed by atoms with E-state index >= 15 is 0 Å². The Balaban J connectivity index is 1.65. The maximum Gasteiger partial charge on any atom is 0.240 e. The zero-order valence-corrected chi connectivity index (χ0v) is 13.1. The van der Waals surface area contributed by atoms with Crippen LogP contribution in [0.3, 0.4) is 0 Å². The summed E-state index contributed by atoms with van der Waals surface area (Å²) in [5.74, 6) is 2.13. The minimum atomic E-state index is -0.0911. The Labute approximate surface area is 130 Å². The summed E-state index contributed by atoms with van der Waals surface area (Å²) in [5, 5.41) is 3.36. The summed E-state index contributed by atoms with van der Waals surface area (Å²) in [6.45, 7) is 2.30. The van der Waals surface area contributed by atoms with Gasteiger partial charge >= 0.3 is 0 Å². The van der Waals surface area contributed by atoms with Crippen molar-refractivity contribution in [1.82, 2.24) is 10.2 Å². The first-order valence-electron chi connectivity index (χ1n) is 7.66. The van der Waals surface area contributed by atoms with Crippen LogP contribution in [0, 0.1) is 0 Å². The number of thioether (sulfide) groups is 1. The molecule has 3 rings (SSSR count). The van der Waals surface area contributed by atoms with Crippen LogP contribution < -0.4 is 11.1 Å². The van der Waals surface area contributed by atoms with Gasteiger partial charge in [0.2, 0.25) is 5.91 Å². The third-order valence-electron chi connectivity index (χ3n) is 4.28. The summed E-state index contributed by atoms with van der Waals surface area (Å²) in [5.41, 5.74) is 8.67. The number of amides is 1. The van der Waals surface area contributed by atoms with E-state index in [1.54, 1.807) is 0 Å². The number of nitrogens with one attached hydrogen (secondary N) is 1. The number of fused-ring (bicyclic) bond motifs is 1. The number of carbonyl (C=O) groups is 1. The van der Waals surface area contributed by atoms with Crippen LogP contribution in [-0.4, -0.2) is 47.5 Å². The van der Waals surface area contributed by atoms with Crippen LogP contribution >= 0.6 is 11.8 Å². The van der Waals surface area contributed by atoms with Gasteiger partial charge in [0.25, 0.3) is 0 Å². The van der Waals surface area contributed by atoms with Crippen molar-refractivity contribution < 1.29 is 4.79 Å². The van der Waals surface area contributed by atoms with Gasteiger partial charge in [0.05, 0.1) is 6.04 Å². The van der Waals surface area contributed by atoms with E-state index in [4.69, 9.17) is 5.73 Å². The van der Waals surface area contributed by atoms with Crippen molar-refractivity contribution in [1.29, 1.82) is 0 Å². The molecule has 1 amide bonds. The lowest BCUT2D eigenvalue weighted by molar-refractivity contribution is -0.133. The van der Waals surface area contributed by atoms with Gasteiger partial charge in [-0.15, -0.1) is 0 Å². The van der Waals surface area contributed by atoms with Gasteiger partial charge < -0.3 is 16.0 Å². The molecule has 3 N–H and O–H groups in total. The summed E-state index contributed by atoms with van der Waals surface area (Å²) in [7, 11) is 0. The smallest absolute Gasteiger partial charge is 0.240 e.